The van der Waals surface area contributed by atoms with Gasteiger partial charge in [0.2, 0.25) is 11.8 Å². The highest BCUT2D eigenvalue weighted by atomic mass is 16.5. The Morgan fingerprint density at radius 1 is 1.09 bits per heavy atom. The molecule has 2 aromatic carbocycles. The number of para-hydroxylation sites is 4. The highest BCUT2D eigenvalue weighted by Crippen LogP contribution is 2.37. The van der Waals surface area contributed by atoms with E-state index in [0.29, 0.717) is 18.7 Å². The molecule has 1 unspecified atom stereocenters. The first-order chi connectivity index (χ1) is 15.8. The molecule has 0 aliphatic carbocycles. The predicted octanol–water partition coefficient (Wildman–Crippen LogP) is 4.21. The summed E-state index contributed by atoms with van der Waals surface area (Å²) in [4.78, 5) is 34.9. The van der Waals surface area contributed by atoms with Crippen molar-refractivity contribution in [2.24, 2.45) is 0 Å². The maximum atomic E-state index is 13.3. The van der Waals surface area contributed by atoms with E-state index in [1.807, 2.05) is 85.7 Å². The van der Waals surface area contributed by atoms with Crippen molar-refractivity contribution in [3.8, 4) is 5.75 Å². The number of nitrogens with zero attached hydrogens (tertiary/aromatic N) is 4. The first-order valence-electron chi connectivity index (χ1n) is 11.5. The molecule has 0 radical (unpaired) electrons. The molecule has 1 aromatic heterocycles. The number of anilines is 1. The van der Waals surface area contributed by atoms with Gasteiger partial charge >= 0.3 is 0 Å². The summed E-state index contributed by atoms with van der Waals surface area (Å²) >= 11 is 0. The van der Waals surface area contributed by atoms with Crippen LogP contribution in [-0.4, -0.2) is 52.0 Å². The lowest BCUT2D eigenvalue weighted by Crippen LogP contribution is -2.44. The van der Waals surface area contributed by atoms with Gasteiger partial charge in [-0.2, -0.15) is 0 Å². The molecule has 0 bridgehead atoms. The number of benzene rings is 2. The summed E-state index contributed by atoms with van der Waals surface area (Å²) in [5, 5.41) is 0. The Bertz CT molecular complexity index is 1160. The Kier molecular flexibility index (Phi) is 6.40. The number of hydrogen-bond acceptors (Lipinski definition) is 4. The molecule has 1 saturated heterocycles. The van der Waals surface area contributed by atoms with E-state index >= 15 is 0 Å². The van der Waals surface area contributed by atoms with E-state index in [1.165, 1.54) is 0 Å². The van der Waals surface area contributed by atoms with E-state index in [0.717, 1.165) is 22.5 Å². The molecule has 0 spiro atoms. The summed E-state index contributed by atoms with van der Waals surface area (Å²) in [5.41, 5.74) is 2.51. The smallest absolute Gasteiger partial charge is 0.243 e. The minimum Gasteiger partial charge on any atom is -0.495 e. The molecule has 3 aromatic rings. The van der Waals surface area contributed by atoms with Crippen molar-refractivity contribution >= 4 is 28.5 Å². The van der Waals surface area contributed by atoms with Crippen LogP contribution in [0.4, 0.5) is 5.69 Å². The van der Waals surface area contributed by atoms with Crippen molar-refractivity contribution in [3.05, 3.63) is 54.4 Å². The van der Waals surface area contributed by atoms with Gasteiger partial charge in [-0.25, -0.2) is 4.98 Å². The van der Waals surface area contributed by atoms with Gasteiger partial charge in [-0.15, -0.1) is 0 Å². The Labute approximate surface area is 195 Å². The fourth-order valence-electron chi connectivity index (χ4n) is 4.93. The molecule has 1 fully saturated rings. The van der Waals surface area contributed by atoms with E-state index in [2.05, 4.69) is 0 Å². The lowest BCUT2D eigenvalue weighted by atomic mass is 10.1. The second kappa shape index (κ2) is 9.25. The van der Waals surface area contributed by atoms with Gasteiger partial charge in [0.15, 0.2) is 0 Å². The molecule has 1 atom stereocenters. The second-order valence-corrected chi connectivity index (χ2v) is 9.11. The van der Waals surface area contributed by atoms with Crippen LogP contribution in [0.3, 0.4) is 0 Å². The first-order valence-corrected chi connectivity index (χ1v) is 11.5. The van der Waals surface area contributed by atoms with E-state index in [-0.39, 0.29) is 36.4 Å². The fourth-order valence-corrected chi connectivity index (χ4v) is 4.93. The number of aromatic nitrogens is 2. The van der Waals surface area contributed by atoms with Crippen molar-refractivity contribution < 1.29 is 14.3 Å². The van der Waals surface area contributed by atoms with Crippen molar-refractivity contribution in [3.63, 3.8) is 0 Å². The summed E-state index contributed by atoms with van der Waals surface area (Å²) in [7, 11) is 1.61. The Balaban J connectivity index is 1.70. The van der Waals surface area contributed by atoms with Crippen LogP contribution in [0.15, 0.2) is 48.5 Å². The summed E-state index contributed by atoms with van der Waals surface area (Å²) in [6, 6.07) is 15.6. The largest absolute Gasteiger partial charge is 0.495 e. The van der Waals surface area contributed by atoms with Crippen LogP contribution in [0.1, 0.15) is 45.9 Å². The van der Waals surface area contributed by atoms with Crippen molar-refractivity contribution in [2.45, 2.75) is 58.7 Å². The van der Waals surface area contributed by atoms with E-state index in [4.69, 9.17) is 9.72 Å². The third-order valence-electron chi connectivity index (χ3n) is 6.24. The van der Waals surface area contributed by atoms with Crippen LogP contribution in [0.25, 0.3) is 11.0 Å². The fraction of sp³-hybridized carbons (Fsp3) is 0.423. The molecule has 1 aliphatic heterocycles. The van der Waals surface area contributed by atoms with Gasteiger partial charge < -0.3 is 19.1 Å². The van der Waals surface area contributed by atoms with E-state index in [9.17, 15) is 9.59 Å². The van der Waals surface area contributed by atoms with Gasteiger partial charge in [-0.05, 0) is 52.0 Å². The zero-order valence-corrected chi connectivity index (χ0v) is 20.0. The van der Waals surface area contributed by atoms with Crippen molar-refractivity contribution in [2.75, 3.05) is 18.6 Å². The Morgan fingerprint density at radius 3 is 2.45 bits per heavy atom. The lowest BCUT2D eigenvalue weighted by Gasteiger charge is -2.31. The van der Waals surface area contributed by atoms with Crippen LogP contribution < -0.4 is 9.64 Å². The van der Waals surface area contributed by atoms with E-state index < -0.39 is 0 Å². The van der Waals surface area contributed by atoms with Gasteiger partial charge in [0.25, 0.3) is 0 Å². The Hall–Kier alpha value is -3.35. The highest BCUT2D eigenvalue weighted by molar-refractivity contribution is 5.98. The number of rotatable bonds is 7. The molecular formula is C26H32N4O3. The summed E-state index contributed by atoms with van der Waals surface area (Å²) in [5.74, 6) is 1.41. The Morgan fingerprint density at radius 2 is 1.76 bits per heavy atom. The summed E-state index contributed by atoms with van der Waals surface area (Å²) < 4.78 is 7.48. The van der Waals surface area contributed by atoms with Crippen molar-refractivity contribution in [1.29, 1.82) is 0 Å². The number of amides is 2. The average molecular weight is 449 g/mol. The van der Waals surface area contributed by atoms with Crippen molar-refractivity contribution in [1.82, 2.24) is 14.5 Å². The third kappa shape index (κ3) is 4.32. The molecule has 0 N–H and O–H groups in total. The molecule has 7 nitrogen and oxygen atoms in total. The third-order valence-corrected chi connectivity index (χ3v) is 6.24. The molecule has 33 heavy (non-hydrogen) atoms. The van der Waals surface area contributed by atoms with Crippen LogP contribution >= 0.6 is 0 Å². The number of carbonyl (C=O) groups is 2. The molecule has 2 heterocycles. The number of carbonyl (C=O) groups excluding carboxylic acids is 2. The van der Waals surface area contributed by atoms with E-state index in [1.54, 1.807) is 12.0 Å². The monoisotopic (exact) mass is 448 g/mol. The van der Waals surface area contributed by atoms with Gasteiger partial charge in [-0.1, -0.05) is 24.3 Å². The number of imidazole rings is 1. The molecular weight excluding hydrogens is 416 g/mol. The van der Waals surface area contributed by atoms with Gasteiger partial charge in [-0.3, -0.25) is 9.59 Å². The molecule has 174 valence electrons. The highest BCUT2D eigenvalue weighted by Gasteiger charge is 2.36. The lowest BCUT2D eigenvalue weighted by molar-refractivity contribution is -0.135. The summed E-state index contributed by atoms with van der Waals surface area (Å²) in [6.45, 7) is 8.83. The molecule has 4 rings (SSSR count). The SMILES string of the molecule is COc1ccccc1N1CC(c2nc3ccccc3n2CC(=O)N(C(C)C)C(C)C)CC1=O. The predicted molar refractivity (Wildman–Crippen MR) is 130 cm³/mol. The zero-order chi connectivity index (χ0) is 23.7. The van der Waals surface area contributed by atoms with Crippen LogP contribution in [0.2, 0.25) is 0 Å². The maximum Gasteiger partial charge on any atom is 0.243 e. The van der Waals surface area contributed by atoms with Crippen LogP contribution in [0.5, 0.6) is 5.75 Å². The molecule has 7 heteroatoms. The molecule has 0 saturated carbocycles. The van der Waals surface area contributed by atoms with Crippen LogP contribution in [-0.2, 0) is 16.1 Å². The quantitative estimate of drug-likeness (QED) is 0.543. The second-order valence-electron chi connectivity index (χ2n) is 9.11. The van der Waals surface area contributed by atoms with Gasteiger partial charge in [0, 0.05) is 31.0 Å². The topological polar surface area (TPSA) is 67.7 Å². The summed E-state index contributed by atoms with van der Waals surface area (Å²) in [6.07, 6.45) is 0.341. The number of fused-ring (bicyclic) bond motifs is 1. The number of hydrogen-bond donors (Lipinski definition) is 0. The zero-order valence-electron chi connectivity index (χ0n) is 20.0. The minimum atomic E-state index is -0.117. The van der Waals surface area contributed by atoms with Gasteiger partial charge in [0.05, 0.1) is 23.8 Å². The average Bonchev–Trinajstić information content (AvgIpc) is 3.33. The first kappa shape index (κ1) is 22.8. The standard InChI is InChI=1S/C26H32N4O3/c1-17(2)30(18(3)4)25(32)16-29-21-11-7-6-10-20(21)27-26(29)19-14-24(31)28(15-19)22-12-8-9-13-23(22)33-5/h6-13,17-19H,14-16H2,1-5H3. The molecule has 2 amide bonds. The van der Waals surface area contributed by atoms with Gasteiger partial charge in [0.1, 0.15) is 18.1 Å². The molecule has 1 aliphatic rings. The minimum absolute atomic E-state index is 0.0282. The number of ether oxygens (including phenoxy) is 1. The number of methoxy groups -OCH3 is 1. The normalized spacial score (nSPS) is 16.3. The maximum absolute atomic E-state index is 13.3. The van der Waals surface area contributed by atoms with Crippen LogP contribution in [0, 0.1) is 0 Å².